The molecule has 0 radical (unpaired) electrons. The summed E-state index contributed by atoms with van der Waals surface area (Å²) in [4.78, 5) is 18.9. The monoisotopic (exact) mass is 689 g/mol. The Bertz CT molecular complexity index is 1800. The van der Waals surface area contributed by atoms with E-state index in [4.69, 9.17) is 19.6 Å². The van der Waals surface area contributed by atoms with Gasteiger partial charge in [0.15, 0.2) is 11.5 Å². The summed E-state index contributed by atoms with van der Waals surface area (Å²) >= 11 is 5.35. The molecule has 0 aliphatic carbocycles. The van der Waals surface area contributed by atoms with E-state index in [1.165, 1.54) is 16.7 Å². The second-order valence-corrected chi connectivity index (χ2v) is 13.4. The zero-order valence-electron chi connectivity index (χ0n) is 27.1. The smallest absolute Gasteiger partial charge is 0.255 e. The Labute approximate surface area is 278 Å². The van der Waals surface area contributed by atoms with Crippen LogP contribution in [0.5, 0.6) is 11.5 Å². The Morgan fingerprint density at radius 3 is 2.53 bits per heavy atom. The maximum atomic E-state index is 14.1. The fraction of sp³-hybridized carbons (Fsp3) is 0.343. The fourth-order valence-electron chi connectivity index (χ4n) is 5.43. The molecule has 0 saturated heterocycles. The molecule has 45 heavy (non-hydrogen) atoms. The number of aromatic nitrogens is 3. The summed E-state index contributed by atoms with van der Waals surface area (Å²) in [6, 6.07) is 13.6. The number of ether oxygens (including phenoxy) is 2. The highest BCUT2D eigenvalue weighted by atomic mass is 79.9. The molecule has 0 bridgehead atoms. The van der Waals surface area contributed by atoms with Gasteiger partial charge in [-0.3, -0.25) is 4.79 Å². The van der Waals surface area contributed by atoms with Gasteiger partial charge in [-0.15, -0.1) is 5.10 Å². The molecular formula is C35H40BrN5O3S. The molecule has 0 saturated carbocycles. The van der Waals surface area contributed by atoms with Crippen LogP contribution in [0.25, 0.3) is 0 Å². The van der Waals surface area contributed by atoms with Gasteiger partial charge in [0.2, 0.25) is 11.1 Å². The number of halogens is 1. The van der Waals surface area contributed by atoms with Crippen molar-refractivity contribution < 1.29 is 14.3 Å². The van der Waals surface area contributed by atoms with Crippen LogP contribution in [0.2, 0.25) is 0 Å². The Morgan fingerprint density at radius 2 is 1.80 bits per heavy atom. The number of benzene rings is 3. The predicted octanol–water partition coefficient (Wildman–Crippen LogP) is 8.60. The third-order valence-electron chi connectivity index (χ3n) is 8.26. The van der Waals surface area contributed by atoms with E-state index >= 15 is 0 Å². The summed E-state index contributed by atoms with van der Waals surface area (Å²) in [6.45, 7) is 14.8. The molecule has 1 aliphatic rings. The first-order valence-electron chi connectivity index (χ1n) is 15.0. The van der Waals surface area contributed by atoms with Crippen LogP contribution in [0.4, 0.5) is 11.6 Å². The number of thioether (sulfide) groups is 1. The van der Waals surface area contributed by atoms with E-state index in [1.807, 2.05) is 51.1 Å². The molecule has 10 heteroatoms. The summed E-state index contributed by atoms with van der Waals surface area (Å²) in [5, 5.41) is 12.0. The Balaban J connectivity index is 1.56. The van der Waals surface area contributed by atoms with Gasteiger partial charge in [0.05, 0.1) is 17.2 Å². The number of rotatable bonds is 10. The molecule has 1 amide bonds. The molecule has 5 rings (SSSR count). The highest BCUT2D eigenvalue weighted by molar-refractivity contribution is 9.10. The number of allylic oxidation sites excluding steroid dienone is 1. The molecule has 236 valence electrons. The molecule has 8 nitrogen and oxygen atoms in total. The maximum Gasteiger partial charge on any atom is 0.255 e. The minimum atomic E-state index is -0.573. The quantitative estimate of drug-likeness (QED) is 0.161. The number of nitrogens with zero attached hydrogens (tertiary/aromatic N) is 3. The van der Waals surface area contributed by atoms with Crippen LogP contribution in [0.1, 0.15) is 65.3 Å². The van der Waals surface area contributed by atoms with Crippen LogP contribution in [-0.4, -0.2) is 33.5 Å². The fourth-order valence-corrected chi connectivity index (χ4v) is 6.69. The van der Waals surface area contributed by atoms with Gasteiger partial charge in [0.25, 0.3) is 5.91 Å². The van der Waals surface area contributed by atoms with Crippen LogP contribution >= 0.6 is 27.7 Å². The first-order chi connectivity index (χ1) is 21.5. The lowest BCUT2D eigenvalue weighted by atomic mass is 9.94. The lowest BCUT2D eigenvalue weighted by Gasteiger charge is -2.29. The van der Waals surface area contributed by atoms with Crippen LogP contribution in [-0.2, 0) is 11.4 Å². The highest BCUT2D eigenvalue weighted by Gasteiger charge is 2.35. The normalized spacial score (nSPS) is 14.2. The summed E-state index contributed by atoms with van der Waals surface area (Å²) in [7, 11) is 1.62. The minimum absolute atomic E-state index is 0.219. The lowest BCUT2D eigenvalue weighted by molar-refractivity contribution is -0.113. The van der Waals surface area contributed by atoms with E-state index in [2.05, 4.69) is 66.4 Å². The van der Waals surface area contributed by atoms with Crippen LogP contribution in [0.3, 0.4) is 0 Å². The number of hydrogen-bond acceptors (Lipinski definition) is 7. The summed E-state index contributed by atoms with van der Waals surface area (Å²) in [6.07, 6.45) is 0.999. The number of amides is 1. The first-order valence-corrected chi connectivity index (χ1v) is 16.8. The van der Waals surface area contributed by atoms with Crippen molar-refractivity contribution >= 4 is 45.2 Å². The van der Waals surface area contributed by atoms with E-state index < -0.39 is 6.04 Å². The second kappa shape index (κ2) is 13.7. The van der Waals surface area contributed by atoms with Gasteiger partial charge in [-0.1, -0.05) is 43.0 Å². The molecule has 2 N–H and O–H groups in total. The molecular weight excluding hydrogens is 650 g/mol. The van der Waals surface area contributed by atoms with Crippen LogP contribution < -0.4 is 20.1 Å². The molecule has 4 aromatic rings. The highest BCUT2D eigenvalue weighted by Crippen LogP contribution is 2.43. The Hall–Kier alpha value is -3.76. The van der Waals surface area contributed by atoms with Gasteiger partial charge in [-0.25, -0.2) is 4.68 Å². The van der Waals surface area contributed by atoms with Crippen molar-refractivity contribution in [1.82, 2.24) is 14.8 Å². The molecule has 1 atom stereocenters. The van der Waals surface area contributed by atoms with Gasteiger partial charge < -0.3 is 20.1 Å². The average molecular weight is 691 g/mol. The van der Waals surface area contributed by atoms with Crippen molar-refractivity contribution in [3.8, 4) is 11.5 Å². The molecule has 0 spiro atoms. The van der Waals surface area contributed by atoms with Gasteiger partial charge >= 0.3 is 0 Å². The van der Waals surface area contributed by atoms with Crippen molar-refractivity contribution in [2.45, 2.75) is 72.7 Å². The number of nitrogens with one attached hydrogen (secondary N) is 2. The Kier molecular flexibility index (Phi) is 9.94. The topological polar surface area (TPSA) is 90.3 Å². The van der Waals surface area contributed by atoms with Gasteiger partial charge in [0, 0.05) is 17.1 Å². The van der Waals surface area contributed by atoms with Crippen molar-refractivity contribution in [3.05, 3.63) is 97.2 Å². The predicted molar refractivity (Wildman–Crippen MR) is 186 cm³/mol. The average Bonchev–Trinajstić information content (AvgIpc) is 3.41. The Morgan fingerprint density at radius 1 is 1.04 bits per heavy atom. The summed E-state index contributed by atoms with van der Waals surface area (Å²) in [5.74, 6) is 2.40. The van der Waals surface area contributed by atoms with E-state index in [9.17, 15) is 4.79 Å². The third-order valence-corrected chi connectivity index (χ3v) is 9.89. The number of aryl methyl sites for hydroxylation is 4. The molecule has 2 heterocycles. The van der Waals surface area contributed by atoms with Gasteiger partial charge in [-0.2, -0.15) is 4.98 Å². The van der Waals surface area contributed by atoms with Crippen molar-refractivity contribution in [3.63, 3.8) is 0 Å². The zero-order valence-corrected chi connectivity index (χ0v) is 29.5. The van der Waals surface area contributed by atoms with E-state index in [1.54, 1.807) is 23.6 Å². The number of hydrogen-bond donors (Lipinski definition) is 2. The summed E-state index contributed by atoms with van der Waals surface area (Å²) in [5.41, 5.74) is 9.71. The molecule has 0 fully saturated rings. The minimum Gasteiger partial charge on any atom is -0.493 e. The molecule has 1 aliphatic heterocycles. The number of fused-ring (bicyclic) bond motifs is 1. The number of methoxy groups -OCH3 is 1. The van der Waals surface area contributed by atoms with Crippen LogP contribution in [0.15, 0.2) is 63.4 Å². The number of anilines is 2. The first kappa shape index (κ1) is 32.6. The van der Waals surface area contributed by atoms with Crippen molar-refractivity contribution in [1.29, 1.82) is 0 Å². The second-order valence-electron chi connectivity index (χ2n) is 11.5. The van der Waals surface area contributed by atoms with E-state index in [0.29, 0.717) is 45.0 Å². The molecule has 1 unspecified atom stereocenters. The largest absolute Gasteiger partial charge is 0.493 e. The standard InChI is InChI=1S/C35H40BrN5O3S/c1-9-13-45-35-39-34-37-24(7)30(33(42)38-28-12-10-11-19(2)23(28)6)31(41(34)40-35)25-16-27(36)32(29(17-25)43-8)44-18-26-15-21(4)20(3)14-22(26)5/h10-12,14-17,31H,9,13,18H2,1-8H3,(H,38,42)(H,37,39,40). The van der Waals surface area contributed by atoms with Crippen molar-refractivity contribution in [2.24, 2.45) is 0 Å². The number of carbonyl (C=O) groups excluding carboxylic acids is 1. The van der Waals surface area contributed by atoms with Gasteiger partial charge in [-0.05, 0) is 121 Å². The lowest BCUT2D eigenvalue weighted by Crippen LogP contribution is -2.31. The number of carbonyl (C=O) groups is 1. The summed E-state index contributed by atoms with van der Waals surface area (Å²) < 4.78 is 14.8. The third kappa shape index (κ3) is 6.77. The van der Waals surface area contributed by atoms with E-state index in [0.717, 1.165) is 40.1 Å². The molecule has 3 aromatic carbocycles. The SMILES string of the molecule is CCCSc1nc2n(n1)C(c1cc(Br)c(OCc3cc(C)c(C)cc3C)c(OC)c1)C(C(=O)Nc1cccc(C)c1C)=C(C)N2. The van der Waals surface area contributed by atoms with E-state index in [-0.39, 0.29) is 5.91 Å². The van der Waals surface area contributed by atoms with Crippen LogP contribution in [0, 0.1) is 34.6 Å². The zero-order chi connectivity index (χ0) is 32.4. The maximum absolute atomic E-state index is 14.1. The molecule has 1 aromatic heterocycles. The van der Waals surface area contributed by atoms with Gasteiger partial charge in [0.1, 0.15) is 12.6 Å². The van der Waals surface area contributed by atoms with Crippen molar-refractivity contribution in [2.75, 3.05) is 23.5 Å².